The summed E-state index contributed by atoms with van der Waals surface area (Å²) in [7, 11) is 1.25. The molecule has 2 aliphatic carbocycles. The molecule has 1 aliphatic heterocycles. The minimum atomic E-state index is -1.54. The lowest BCUT2D eigenvalue weighted by Crippen LogP contribution is -2.55. The van der Waals surface area contributed by atoms with Crippen molar-refractivity contribution in [2.45, 2.75) is 36.9 Å². The standard InChI is InChI=1S/C25H26O7/c1-31-25(30)18-8-7-14(9-15-10-16-5-3-2-4-6-17(16)11-15)12-19(18)24-23(29)22(28)21(27)20(13-26)32-24/h2-8,10-12,20-24,26-29H,9,13H2,1H3/t20-,21-,22+,23-,24+/m1/s1. The van der Waals surface area contributed by atoms with Crippen molar-refractivity contribution in [1.82, 2.24) is 0 Å². The maximum Gasteiger partial charge on any atom is 0.338 e. The molecule has 0 unspecified atom stereocenters. The SMILES string of the molecule is COC(=O)c1ccc(Cc2cc3cccccc-3c2)cc1[C@@H]1O[C@H](CO)[C@@H](O)[C@H](O)[C@H]1O. The van der Waals surface area contributed by atoms with E-state index in [1.807, 2.05) is 30.3 Å². The molecule has 0 bridgehead atoms. The van der Waals surface area contributed by atoms with Crippen molar-refractivity contribution in [3.05, 3.63) is 82.9 Å². The number of hydrogen-bond acceptors (Lipinski definition) is 7. The van der Waals surface area contributed by atoms with Crippen LogP contribution >= 0.6 is 0 Å². The Morgan fingerprint density at radius 3 is 2.22 bits per heavy atom. The van der Waals surface area contributed by atoms with Crippen molar-refractivity contribution in [3.63, 3.8) is 0 Å². The summed E-state index contributed by atoms with van der Waals surface area (Å²) in [6.45, 7) is -0.549. The molecule has 32 heavy (non-hydrogen) atoms. The second-order valence-corrected chi connectivity index (χ2v) is 8.02. The van der Waals surface area contributed by atoms with E-state index in [9.17, 15) is 25.2 Å². The number of methoxy groups -OCH3 is 1. The van der Waals surface area contributed by atoms with Crippen LogP contribution in [0.1, 0.15) is 33.2 Å². The van der Waals surface area contributed by atoms with E-state index in [1.54, 1.807) is 18.2 Å². The monoisotopic (exact) mass is 438 g/mol. The summed E-state index contributed by atoms with van der Waals surface area (Å²) in [6, 6.07) is 19.3. The van der Waals surface area contributed by atoms with Crippen molar-refractivity contribution in [3.8, 4) is 11.1 Å². The van der Waals surface area contributed by atoms with Gasteiger partial charge in [-0.2, -0.15) is 0 Å². The Kier molecular flexibility index (Phi) is 6.55. The van der Waals surface area contributed by atoms with Crippen molar-refractivity contribution >= 4 is 5.97 Å². The molecule has 5 atom stereocenters. The average Bonchev–Trinajstić information content (AvgIpc) is 3.04. The second kappa shape index (κ2) is 9.36. The molecule has 0 amide bonds. The highest BCUT2D eigenvalue weighted by molar-refractivity contribution is 5.91. The van der Waals surface area contributed by atoms with Crippen LogP contribution in [0.3, 0.4) is 0 Å². The summed E-state index contributed by atoms with van der Waals surface area (Å²) in [5, 5.41) is 40.4. The zero-order valence-corrected chi connectivity index (χ0v) is 17.6. The molecule has 4 N–H and O–H groups in total. The lowest BCUT2D eigenvalue weighted by Gasteiger charge is -2.40. The van der Waals surface area contributed by atoms with Gasteiger partial charge in [0.05, 0.1) is 19.3 Å². The number of aliphatic hydroxyl groups is 4. The second-order valence-electron chi connectivity index (χ2n) is 8.02. The van der Waals surface area contributed by atoms with Crippen LogP contribution in [0, 0.1) is 0 Å². The largest absolute Gasteiger partial charge is 0.465 e. The quantitative estimate of drug-likeness (QED) is 0.448. The number of carbonyl (C=O) groups excluding carboxylic acids is 1. The molecular formula is C25H26O7. The Morgan fingerprint density at radius 2 is 1.59 bits per heavy atom. The smallest absolute Gasteiger partial charge is 0.338 e. The molecule has 4 rings (SSSR count). The predicted molar refractivity (Wildman–Crippen MR) is 116 cm³/mol. The summed E-state index contributed by atoms with van der Waals surface area (Å²) in [5.41, 5.74) is 4.69. The zero-order valence-electron chi connectivity index (χ0n) is 17.6. The van der Waals surface area contributed by atoms with Gasteiger partial charge in [-0.3, -0.25) is 0 Å². The fraction of sp³-hybridized carbons (Fsp3) is 0.320. The van der Waals surface area contributed by atoms with Crippen LogP contribution < -0.4 is 0 Å². The molecule has 1 saturated heterocycles. The van der Waals surface area contributed by atoms with E-state index in [-0.39, 0.29) is 5.56 Å². The van der Waals surface area contributed by atoms with E-state index in [1.165, 1.54) is 7.11 Å². The van der Waals surface area contributed by atoms with Gasteiger partial charge >= 0.3 is 5.97 Å². The lowest BCUT2D eigenvalue weighted by molar-refractivity contribution is -0.231. The van der Waals surface area contributed by atoms with Gasteiger partial charge in [0, 0.05) is 0 Å². The van der Waals surface area contributed by atoms with Crippen LogP contribution in [-0.4, -0.2) is 64.5 Å². The molecule has 0 aromatic heterocycles. The van der Waals surface area contributed by atoms with E-state index < -0.39 is 43.1 Å². The first kappa shape index (κ1) is 22.4. The Hall–Kier alpha value is -2.81. The number of benzene rings is 1. The zero-order chi connectivity index (χ0) is 22.8. The maximum atomic E-state index is 12.4. The Morgan fingerprint density at radius 1 is 0.906 bits per heavy atom. The summed E-state index contributed by atoms with van der Waals surface area (Å²) in [5.74, 6) is -0.616. The number of rotatable bonds is 5. The number of carbonyl (C=O) groups is 1. The summed E-state index contributed by atoms with van der Waals surface area (Å²) in [6.07, 6.45) is -6.14. The highest BCUT2D eigenvalue weighted by Gasteiger charge is 2.45. The fourth-order valence-corrected chi connectivity index (χ4v) is 4.23. The van der Waals surface area contributed by atoms with Gasteiger partial charge in [-0.25, -0.2) is 4.79 Å². The first-order valence-corrected chi connectivity index (χ1v) is 10.4. The molecule has 1 fully saturated rings. The van der Waals surface area contributed by atoms with E-state index >= 15 is 0 Å². The number of esters is 1. The first-order valence-electron chi connectivity index (χ1n) is 10.4. The van der Waals surface area contributed by atoms with Crippen LogP contribution in [0.4, 0.5) is 0 Å². The van der Waals surface area contributed by atoms with Gasteiger partial charge in [-0.05, 0) is 40.3 Å². The highest BCUT2D eigenvalue weighted by atomic mass is 16.5. The van der Waals surface area contributed by atoms with Crippen molar-refractivity contribution in [1.29, 1.82) is 0 Å². The first-order chi connectivity index (χ1) is 15.4. The van der Waals surface area contributed by atoms with Crippen LogP contribution in [0.25, 0.3) is 11.1 Å². The number of aliphatic hydroxyl groups excluding tert-OH is 4. The summed E-state index contributed by atoms with van der Waals surface area (Å²) in [4.78, 5) is 12.4. The maximum absolute atomic E-state index is 12.4. The molecule has 0 saturated carbocycles. The third kappa shape index (κ3) is 4.26. The molecule has 0 radical (unpaired) electrons. The third-order valence-corrected chi connectivity index (χ3v) is 5.92. The van der Waals surface area contributed by atoms with E-state index in [4.69, 9.17) is 9.47 Å². The number of ether oxygens (including phenoxy) is 2. The van der Waals surface area contributed by atoms with Crippen LogP contribution in [0.15, 0.2) is 60.7 Å². The van der Waals surface area contributed by atoms with E-state index in [2.05, 4.69) is 12.1 Å². The molecule has 1 heterocycles. The molecule has 168 valence electrons. The molecule has 7 nitrogen and oxygen atoms in total. The van der Waals surface area contributed by atoms with Gasteiger partial charge < -0.3 is 29.9 Å². The summed E-state index contributed by atoms with van der Waals surface area (Å²) >= 11 is 0. The molecule has 3 aliphatic rings. The van der Waals surface area contributed by atoms with E-state index in [0.29, 0.717) is 12.0 Å². The van der Waals surface area contributed by atoms with Crippen LogP contribution in [-0.2, 0) is 15.9 Å². The van der Waals surface area contributed by atoms with Crippen molar-refractivity contribution < 1.29 is 34.7 Å². The van der Waals surface area contributed by atoms with E-state index in [0.717, 1.165) is 22.3 Å². The Labute approximate surface area is 185 Å². The van der Waals surface area contributed by atoms with Crippen LogP contribution in [0.5, 0.6) is 0 Å². The van der Waals surface area contributed by atoms with Gasteiger partial charge in [0.25, 0.3) is 0 Å². The highest BCUT2D eigenvalue weighted by Crippen LogP contribution is 2.35. The lowest BCUT2D eigenvalue weighted by atomic mass is 9.87. The third-order valence-electron chi connectivity index (χ3n) is 5.92. The number of hydrogen-bond donors (Lipinski definition) is 4. The van der Waals surface area contributed by atoms with Gasteiger partial charge in [-0.15, -0.1) is 0 Å². The summed E-state index contributed by atoms with van der Waals surface area (Å²) < 4.78 is 10.6. The molecular weight excluding hydrogens is 412 g/mol. The Bertz CT molecular complexity index is 1030. The number of fused-ring (bicyclic) bond motifs is 1. The normalized spacial score (nSPS) is 25.6. The Balaban J connectivity index is 1.71. The van der Waals surface area contributed by atoms with Crippen molar-refractivity contribution in [2.75, 3.05) is 13.7 Å². The predicted octanol–water partition coefficient (Wildman–Crippen LogP) is 1.68. The molecule has 7 heteroatoms. The topological polar surface area (TPSA) is 116 Å². The fourth-order valence-electron chi connectivity index (χ4n) is 4.23. The molecule has 1 aromatic carbocycles. The average molecular weight is 438 g/mol. The minimum absolute atomic E-state index is 0.181. The van der Waals surface area contributed by atoms with Gasteiger partial charge in [0.1, 0.15) is 30.5 Å². The van der Waals surface area contributed by atoms with Gasteiger partial charge in [-0.1, -0.05) is 54.6 Å². The molecule has 0 spiro atoms. The molecule has 1 aromatic rings. The minimum Gasteiger partial charge on any atom is -0.465 e. The van der Waals surface area contributed by atoms with Gasteiger partial charge in [0.2, 0.25) is 0 Å². The van der Waals surface area contributed by atoms with Crippen molar-refractivity contribution in [2.24, 2.45) is 0 Å². The van der Waals surface area contributed by atoms with Crippen LogP contribution in [0.2, 0.25) is 0 Å². The van der Waals surface area contributed by atoms with Gasteiger partial charge in [0.15, 0.2) is 0 Å².